The normalized spacial score (nSPS) is 11.0. The maximum absolute atomic E-state index is 11.2. The van der Waals surface area contributed by atoms with Crippen molar-refractivity contribution in [2.75, 3.05) is 18.5 Å². The predicted octanol–water partition coefficient (Wildman–Crippen LogP) is 5.25. The molecule has 2 aromatic heterocycles. The quantitative estimate of drug-likeness (QED) is 0.505. The van der Waals surface area contributed by atoms with Gasteiger partial charge in [0.1, 0.15) is 12.4 Å². The number of pyridine rings is 2. The van der Waals surface area contributed by atoms with Gasteiger partial charge in [-0.2, -0.15) is 0 Å². The number of likely N-dealkylation sites (N-methyl/N-ethyl adjacent to an activating group) is 1. The van der Waals surface area contributed by atoms with E-state index in [1.54, 1.807) is 18.1 Å². The number of nitrogens with zero attached hydrogens (tertiary/aromatic N) is 3. The van der Waals surface area contributed by atoms with Gasteiger partial charge in [0.05, 0.1) is 5.52 Å². The number of aryl methyl sites for hydroxylation is 2. The molecule has 5 nitrogen and oxygen atoms in total. The highest BCUT2D eigenvalue weighted by molar-refractivity contribution is 5.97. The van der Waals surface area contributed by atoms with Crippen LogP contribution in [0.1, 0.15) is 43.7 Å². The number of anilines is 1. The van der Waals surface area contributed by atoms with Crippen LogP contribution in [0.4, 0.5) is 5.82 Å². The summed E-state index contributed by atoms with van der Waals surface area (Å²) in [5.41, 5.74) is 5.44. The molecular formula is C24H29N3O2. The second-order valence-electron chi connectivity index (χ2n) is 7.63. The molecule has 0 unspecified atom stereocenters. The zero-order chi connectivity index (χ0) is 20.8. The van der Waals surface area contributed by atoms with Crippen LogP contribution in [0.25, 0.3) is 22.0 Å². The van der Waals surface area contributed by atoms with Gasteiger partial charge in [0.25, 0.3) is 0 Å². The van der Waals surface area contributed by atoms with Gasteiger partial charge in [-0.3, -0.25) is 9.78 Å². The zero-order valence-electron chi connectivity index (χ0n) is 17.5. The van der Waals surface area contributed by atoms with Crippen LogP contribution in [0.15, 0.2) is 42.7 Å². The van der Waals surface area contributed by atoms with Gasteiger partial charge in [0, 0.05) is 24.8 Å². The number of aliphatic carboxylic acids is 1. The molecule has 0 radical (unpaired) electrons. The van der Waals surface area contributed by atoms with Gasteiger partial charge < -0.3 is 10.0 Å². The first-order chi connectivity index (χ1) is 14.0. The topological polar surface area (TPSA) is 66.3 Å². The molecule has 2 heterocycles. The van der Waals surface area contributed by atoms with E-state index in [1.807, 2.05) is 25.3 Å². The first-order valence-electron chi connectivity index (χ1n) is 10.3. The number of aromatic nitrogens is 2. The minimum atomic E-state index is -0.876. The van der Waals surface area contributed by atoms with Crippen LogP contribution in [-0.2, 0) is 11.2 Å². The number of fused-ring (bicyclic) bond motifs is 1. The van der Waals surface area contributed by atoms with Crippen molar-refractivity contribution < 1.29 is 9.90 Å². The van der Waals surface area contributed by atoms with Gasteiger partial charge in [-0.25, -0.2) is 4.98 Å². The van der Waals surface area contributed by atoms with Gasteiger partial charge in [0.15, 0.2) is 0 Å². The monoisotopic (exact) mass is 391 g/mol. The van der Waals surface area contributed by atoms with Gasteiger partial charge in [-0.1, -0.05) is 32.3 Å². The van der Waals surface area contributed by atoms with Crippen LogP contribution < -0.4 is 4.90 Å². The third kappa shape index (κ3) is 5.11. The van der Waals surface area contributed by atoms with E-state index in [4.69, 9.17) is 10.1 Å². The lowest BCUT2D eigenvalue weighted by molar-refractivity contribution is -0.135. The number of hydrogen-bond acceptors (Lipinski definition) is 4. The zero-order valence-corrected chi connectivity index (χ0v) is 17.5. The maximum atomic E-state index is 11.2. The van der Waals surface area contributed by atoms with Crippen LogP contribution >= 0.6 is 0 Å². The summed E-state index contributed by atoms with van der Waals surface area (Å²) in [6.07, 6.45) is 9.67. The Morgan fingerprint density at radius 2 is 1.93 bits per heavy atom. The third-order valence-corrected chi connectivity index (χ3v) is 5.25. The summed E-state index contributed by atoms with van der Waals surface area (Å²) in [5, 5.41) is 10.3. The second-order valence-corrected chi connectivity index (χ2v) is 7.63. The highest BCUT2D eigenvalue weighted by atomic mass is 16.4. The summed E-state index contributed by atoms with van der Waals surface area (Å²) in [6, 6.07) is 10.5. The van der Waals surface area contributed by atoms with Crippen molar-refractivity contribution in [2.24, 2.45) is 0 Å². The van der Waals surface area contributed by atoms with Crippen LogP contribution in [0.3, 0.4) is 0 Å². The van der Waals surface area contributed by atoms with Crippen LogP contribution in [0, 0.1) is 6.92 Å². The summed E-state index contributed by atoms with van der Waals surface area (Å²) in [6.45, 7) is 4.18. The summed E-state index contributed by atoms with van der Waals surface area (Å²) in [7, 11) is 1.76. The first kappa shape index (κ1) is 20.8. The van der Waals surface area contributed by atoms with Gasteiger partial charge >= 0.3 is 5.97 Å². The van der Waals surface area contributed by atoms with Crippen LogP contribution in [-0.4, -0.2) is 34.6 Å². The Morgan fingerprint density at radius 3 is 2.66 bits per heavy atom. The average molecular weight is 392 g/mol. The SMILES string of the molecule is CCCCCCc1ccc2nc(N(C)CC(=O)O)cc(-c3ccncc3C)c2c1. The Kier molecular flexibility index (Phi) is 6.81. The highest BCUT2D eigenvalue weighted by Gasteiger charge is 2.14. The summed E-state index contributed by atoms with van der Waals surface area (Å²) in [5.74, 6) is -0.222. The van der Waals surface area contributed by atoms with E-state index in [9.17, 15) is 4.79 Å². The molecule has 0 bridgehead atoms. The average Bonchev–Trinajstić information content (AvgIpc) is 2.70. The molecule has 0 fully saturated rings. The smallest absolute Gasteiger partial charge is 0.323 e. The lowest BCUT2D eigenvalue weighted by atomic mass is 9.96. The van der Waals surface area contributed by atoms with Gasteiger partial charge in [-0.15, -0.1) is 0 Å². The second kappa shape index (κ2) is 9.50. The van der Waals surface area contributed by atoms with E-state index in [-0.39, 0.29) is 6.54 Å². The largest absolute Gasteiger partial charge is 0.480 e. The minimum Gasteiger partial charge on any atom is -0.480 e. The Hall–Kier alpha value is -2.95. The van der Waals surface area contributed by atoms with Crippen molar-refractivity contribution in [1.29, 1.82) is 0 Å². The van der Waals surface area contributed by atoms with E-state index in [2.05, 4.69) is 30.1 Å². The van der Waals surface area contributed by atoms with E-state index >= 15 is 0 Å². The molecule has 0 amide bonds. The fourth-order valence-corrected chi connectivity index (χ4v) is 3.65. The fourth-order valence-electron chi connectivity index (χ4n) is 3.65. The fraction of sp³-hybridized carbons (Fsp3) is 0.375. The number of carbonyl (C=O) groups is 1. The molecule has 152 valence electrons. The standard InChI is InChI=1S/C24H29N3O2/c1-4-5-6-7-8-18-9-10-22-21(13-18)20(19-11-12-25-15-17(19)2)14-23(26-22)27(3)16-24(28)29/h9-15H,4-8,16H2,1-3H3,(H,28,29). The molecule has 29 heavy (non-hydrogen) atoms. The number of carboxylic acid groups (broad SMARTS) is 1. The number of carboxylic acids is 1. The van der Waals surface area contributed by atoms with Crippen LogP contribution in [0.5, 0.6) is 0 Å². The van der Waals surface area contributed by atoms with Crippen molar-refractivity contribution in [1.82, 2.24) is 9.97 Å². The molecular weight excluding hydrogens is 362 g/mol. The molecule has 5 heteroatoms. The minimum absolute atomic E-state index is 0.0945. The number of unbranched alkanes of at least 4 members (excludes halogenated alkanes) is 3. The molecule has 0 saturated heterocycles. The Morgan fingerprint density at radius 1 is 1.10 bits per heavy atom. The molecule has 0 saturated carbocycles. The first-order valence-corrected chi connectivity index (χ1v) is 10.3. The molecule has 1 N–H and O–H groups in total. The van der Waals surface area contributed by atoms with Crippen molar-refractivity contribution in [2.45, 2.75) is 46.0 Å². The molecule has 3 rings (SSSR count). The maximum Gasteiger partial charge on any atom is 0.323 e. The number of hydrogen-bond donors (Lipinski definition) is 1. The van der Waals surface area contributed by atoms with Gasteiger partial charge in [-0.05, 0) is 66.3 Å². The van der Waals surface area contributed by atoms with Gasteiger partial charge in [0.2, 0.25) is 0 Å². The number of rotatable bonds is 9. The van der Waals surface area contributed by atoms with E-state index in [1.165, 1.54) is 31.2 Å². The summed E-state index contributed by atoms with van der Waals surface area (Å²) < 4.78 is 0. The molecule has 3 aromatic rings. The number of benzene rings is 1. The molecule has 0 aliphatic carbocycles. The van der Waals surface area contributed by atoms with Crippen molar-refractivity contribution in [3.63, 3.8) is 0 Å². The lowest BCUT2D eigenvalue weighted by Gasteiger charge is -2.19. The molecule has 0 spiro atoms. The molecule has 1 aromatic carbocycles. The van der Waals surface area contributed by atoms with Crippen molar-refractivity contribution in [3.8, 4) is 11.1 Å². The molecule has 0 atom stereocenters. The predicted molar refractivity (Wildman–Crippen MR) is 118 cm³/mol. The molecule has 0 aliphatic rings. The van der Waals surface area contributed by atoms with E-state index < -0.39 is 5.97 Å². The summed E-state index contributed by atoms with van der Waals surface area (Å²) >= 11 is 0. The third-order valence-electron chi connectivity index (χ3n) is 5.25. The Labute approximate surface area is 172 Å². The van der Waals surface area contributed by atoms with E-state index in [0.717, 1.165) is 34.0 Å². The Bertz CT molecular complexity index is 1000. The van der Waals surface area contributed by atoms with Crippen molar-refractivity contribution >= 4 is 22.7 Å². The summed E-state index contributed by atoms with van der Waals surface area (Å²) in [4.78, 5) is 21.8. The Balaban J connectivity index is 2.08. The molecule has 0 aliphatic heterocycles. The lowest BCUT2D eigenvalue weighted by Crippen LogP contribution is -2.26. The highest BCUT2D eigenvalue weighted by Crippen LogP contribution is 2.33. The van der Waals surface area contributed by atoms with Crippen molar-refractivity contribution in [3.05, 3.63) is 53.9 Å². The van der Waals surface area contributed by atoms with E-state index in [0.29, 0.717) is 5.82 Å². The van der Waals surface area contributed by atoms with Crippen LogP contribution in [0.2, 0.25) is 0 Å².